The molecular weight excluding hydrogens is 394 g/mol. The Morgan fingerprint density at radius 1 is 1.05 bits per heavy atom. The van der Waals surface area contributed by atoms with E-state index in [1.165, 1.54) is 0 Å². The average molecular weight is 413 g/mol. The number of hydrogen-bond donors (Lipinski definition) is 1. The summed E-state index contributed by atoms with van der Waals surface area (Å²) in [6.07, 6.45) is 0. The van der Waals surface area contributed by atoms with Crippen molar-refractivity contribution in [2.45, 2.75) is 26.8 Å². The molecule has 1 unspecified atom stereocenters. The molecule has 0 saturated carbocycles. The lowest BCUT2D eigenvalue weighted by Crippen LogP contribution is -2.16. The van der Waals surface area contributed by atoms with Crippen molar-refractivity contribution in [3.05, 3.63) is 61.0 Å². The third kappa shape index (κ3) is 3.17. The van der Waals surface area contributed by atoms with Crippen LogP contribution in [0.2, 0.25) is 0 Å². The Balaban J connectivity index is 2.65. The highest BCUT2D eigenvalue weighted by Gasteiger charge is 2.21. The molecule has 0 aliphatic carbocycles. The van der Waals surface area contributed by atoms with Gasteiger partial charge in [-0.25, -0.2) is 0 Å². The second-order valence-electron chi connectivity index (χ2n) is 5.23. The molecule has 0 fully saturated rings. The maximum absolute atomic E-state index is 6.57. The molecule has 0 bridgehead atoms. The summed E-state index contributed by atoms with van der Waals surface area (Å²) < 4.78 is 7.72. The Morgan fingerprint density at radius 2 is 1.71 bits per heavy atom. The van der Waals surface area contributed by atoms with E-state index in [9.17, 15) is 0 Å². The highest BCUT2D eigenvalue weighted by Crippen LogP contribution is 2.38. The van der Waals surface area contributed by atoms with Crippen molar-refractivity contribution in [1.29, 1.82) is 0 Å². The summed E-state index contributed by atoms with van der Waals surface area (Å²) in [7, 11) is 1.69. The van der Waals surface area contributed by atoms with Gasteiger partial charge in [-0.2, -0.15) is 0 Å². The fourth-order valence-corrected chi connectivity index (χ4v) is 3.70. The molecule has 0 aliphatic rings. The Morgan fingerprint density at radius 3 is 2.29 bits per heavy atom. The second-order valence-corrected chi connectivity index (χ2v) is 7.00. The molecule has 0 spiro atoms. The lowest BCUT2D eigenvalue weighted by molar-refractivity contribution is 0.404. The maximum atomic E-state index is 6.57. The van der Waals surface area contributed by atoms with Gasteiger partial charge in [-0.3, -0.25) is 0 Å². The average Bonchev–Trinajstić information content (AvgIpc) is 2.41. The largest absolute Gasteiger partial charge is 0.496 e. The molecule has 4 heteroatoms. The molecule has 1 atom stereocenters. The molecule has 0 heterocycles. The molecule has 2 nitrogen and oxygen atoms in total. The molecule has 2 rings (SSSR count). The first-order valence-corrected chi connectivity index (χ1v) is 8.30. The van der Waals surface area contributed by atoms with E-state index in [-0.39, 0.29) is 6.04 Å². The fraction of sp³-hybridized carbons (Fsp3) is 0.294. The van der Waals surface area contributed by atoms with Crippen LogP contribution in [0.3, 0.4) is 0 Å². The van der Waals surface area contributed by atoms with Crippen LogP contribution in [0.25, 0.3) is 0 Å². The van der Waals surface area contributed by atoms with Crippen LogP contribution in [0.5, 0.6) is 5.75 Å². The van der Waals surface area contributed by atoms with E-state index in [0.29, 0.717) is 0 Å². The summed E-state index contributed by atoms with van der Waals surface area (Å²) in [6.45, 7) is 6.18. The van der Waals surface area contributed by atoms with Crippen molar-refractivity contribution >= 4 is 31.9 Å². The Labute approximate surface area is 143 Å². The van der Waals surface area contributed by atoms with Crippen molar-refractivity contribution in [2.75, 3.05) is 7.11 Å². The SMILES string of the molecule is COc1c(C)cc(Br)c(C)c1C(N)c1ccc(Br)cc1C. The van der Waals surface area contributed by atoms with Crippen LogP contribution in [0, 0.1) is 20.8 Å². The minimum absolute atomic E-state index is 0.218. The lowest BCUT2D eigenvalue weighted by Gasteiger charge is -2.23. The zero-order chi connectivity index (χ0) is 15.7. The van der Waals surface area contributed by atoms with Gasteiger partial charge in [-0.05, 0) is 61.2 Å². The van der Waals surface area contributed by atoms with E-state index in [2.05, 4.69) is 63.9 Å². The van der Waals surface area contributed by atoms with Crippen molar-refractivity contribution in [3.8, 4) is 5.75 Å². The van der Waals surface area contributed by atoms with E-state index in [1.807, 2.05) is 13.0 Å². The zero-order valence-electron chi connectivity index (χ0n) is 12.6. The predicted molar refractivity (Wildman–Crippen MR) is 95.1 cm³/mol. The zero-order valence-corrected chi connectivity index (χ0v) is 15.8. The Kier molecular flexibility index (Phi) is 5.12. The van der Waals surface area contributed by atoms with E-state index in [1.54, 1.807) is 7.11 Å². The third-order valence-corrected chi connectivity index (χ3v) is 5.11. The summed E-state index contributed by atoms with van der Waals surface area (Å²) in [4.78, 5) is 0. The normalized spacial score (nSPS) is 12.3. The minimum atomic E-state index is -0.218. The van der Waals surface area contributed by atoms with Gasteiger partial charge in [0.1, 0.15) is 5.75 Å². The Hall–Kier alpha value is -0.840. The first kappa shape index (κ1) is 16.5. The smallest absolute Gasteiger partial charge is 0.127 e. The summed E-state index contributed by atoms with van der Waals surface area (Å²) in [5, 5.41) is 0. The molecule has 0 aromatic heterocycles. The highest BCUT2D eigenvalue weighted by molar-refractivity contribution is 9.10. The van der Waals surface area contributed by atoms with Crippen LogP contribution in [-0.4, -0.2) is 7.11 Å². The summed E-state index contributed by atoms with van der Waals surface area (Å²) in [6, 6.07) is 8.03. The number of rotatable bonds is 3. The molecular formula is C17H19Br2NO. The number of hydrogen-bond acceptors (Lipinski definition) is 2. The number of aryl methyl sites for hydroxylation is 2. The van der Waals surface area contributed by atoms with Crippen molar-refractivity contribution in [1.82, 2.24) is 0 Å². The lowest BCUT2D eigenvalue weighted by atomic mass is 9.91. The quantitative estimate of drug-likeness (QED) is 0.752. The molecule has 2 N–H and O–H groups in total. The van der Waals surface area contributed by atoms with Crippen molar-refractivity contribution in [3.63, 3.8) is 0 Å². The number of benzene rings is 2. The second kappa shape index (κ2) is 6.51. The standard InChI is InChI=1S/C17H19Br2NO/c1-9-7-12(18)5-6-13(9)16(20)15-11(3)14(19)8-10(2)17(15)21-4/h5-8,16H,20H2,1-4H3. The van der Waals surface area contributed by atoms with Gasteiger partial charge in [-0.1, -0.05) is 37.9 Å². The van der Waals surface area contributed by atoms with Crippen LogP contribution in [0.4, 0.5) is 0 Å². The summed E-state index contributed by atoms with van der Waals surface area (Å²) in [5.41, 5.74) is 12.1. The molecule has 112 valence electrons. The van der Waals surface area contributed by atoms with Gasteiger partial charge in [-0.15, -0.1) is 0 Å². The number of methoxy groups -OCH3 is 1. The van der Waals surface area contributed by atoms with Gasteiger partial charge >= 0.3 is 0 Å². The van der Waals surface area contributed by atoms with Crippen LogP contribution in [-0.2, 0) is 0 Å². The van der Waals surface area contributed by atoms with E-state index in [0.717, 1.165) is 42.5 Å². The maximum Gasteiger partial charge on any atom is 0.127 e. The van der Waals surface area contributed by atoms with Crippen LogP contribution >= 0.6 is 31.9 Å². The molecule has 0 amide bonds. The van der Waals surface area contributed by atoms with Gasteiger partial charge in [0.2, 0.25) is 0 Å². The van der Waals surface area contributed by atoms with E-state index in [4.69, 9.17) is 10.5 Å². The predicted octanol–water partition coefficient (Wildman–Crippen LogP) is 5.19. The van der Waals surface area contributed by atoms with Crippen LogP contribution in [0.1, 0.15) is 33.9 Å². The first-order valence-electron chi connectivity index (χ1n) is 6.72. The van der Waals surface area contributed by atoms with E-state index < -0.39 is 0 Å². The first-order chi connectivity index (χ1) is 9.86. The molecule has 2 aromatic carbocycles. The third-order valence-electron chi connectivity index (χ3n) is 3.79. The molecule has 0 saturated heterocycles. The van der Waals surface area contributed by atoms with Gasteiger partial charge < -0.3 is 10.5 Å². The van der Waals surface area contributed by atoms with E-state index >= 15 is 0 Å². The number of halogens is 2. The molecule has 2 aromatic rings. The van der Waals surface area contributed by atoms with Crippen molar-refractivity contribution < 1.29 is 4.74 Å². The van der Waals surface area contributed by atoms with Gasteiger partial charge in [0.05, 0.1) is 13.2 Å². The van der Waals surface area contributed by atoms with Crippen LogP contribution in [0.15, 0.2) is 33.2 Å². The Bertz CT molecular complexity index is 683. The van der Waals surface area contributed by atoms with Gasteiger partial charge in [0.15, 0.2) is 0 Å². The van der Waals surface area contributed by atoms with Crippen molar-refractivity contribution in [2.24, 2.45) is 5.73 Å². The summed E-state index contributed by atoms with van der Waals surface area (Å²) >= 11 is 7.11. The van der Waals surface area contributed by atoms with Gasteiger partial charge in [0.25, 0.3) is 0 Å². The van der Waals surface area contributed by atoms with Crippen LogP contribution < -0.4 is 10.5 Å². The summed E-state index contributed by atoms with van der Waals surface area (Å²) in [5.74, 6) is 0.866. The highest BCUT2D eigenvalue weighted by atomic mass is 79.9. The molecule has 0 aliphatic heterocycles. The topological polar surface area (TPSA) is 35.2 Å². The number of nitrogens with two attached hydrogens (primary N) is 1. The molecule has 0 radical (unpaired) electrons. The fourth-order valence-electron chi connectivity index (χ4n) is 2.66. The molecule has 21 heavy (non-hydrogen) atoms. The van der Waals surface area contributed by atoms with Gasteiger partial charge in [0, 0.05) is 14.5 Å². The minimum Gasteiger partial charge on any atom is -0.496 e. The number of ether oxygens (including phenoxy) is 1. The monoisotopic (exact) mass is 411 g/mol.